The van der Waals surface area contributed by atoms with Crippen molar-refractivity contribution in [2.75, 3.05) is 40.4 Å². The van der Waals surface area contributed by atoms with E-state index < -0.39 is 6.61 Å². The van der Waals surface area contributed by atoms with E-state index in [1.807, 2.05) is 24.3 Å². The number of para-hydroxylation sites is 1. The van der Waals surface area contributed by atoms with Crippen LogP contribution >= 0.6 is 0 Å². The van der Waals surface area contributed by atoms with E-state index in [4.69, 9.17) is 9.47 Å². The maximum absolute atomic E-state index is 12.8. The summed E-state index contributed by atoms with van der Waals surface area (Å²) in [4.78, 5) is 28.6. The van der Waals surface area contributed by atoms with Gasteiger partial charge in [-0.15, -0.1) is 0 Å². The first-order chi connectivity index (χ1) is 15.9. The van der Waals surface area contributed by atoms with Gasteiger partial charge in [0, 0.05) is 37.8 Å². The highest BCUT2D eigenvalue weighted by atomic mass is 19.3. The largest absolute Gasteiger partial charge is 0.497 e. The molecule has 0 saturated carbocycles. The minimum atomic E-state index is -3.02. The van der Waals surface area contributed by atoms with Crippen molar-refractivity contribution >= 4 is 17.9 Å². The van der Waals surface area contributed by atoms with Gasteiger partial charge in [-0.2, -0.15) is 8.78 Å². The number of halogens is 2. The number of ether oxygens (including phenoxy) is 3. The third kappa shape index (κ3) is 6.44. The molecule has 0 N–H and O–H groups in total. The molecular formula is C24H26F2N2O5. The van der Waals surface area contributed by atoms with Crippen LogP contribution in [0.4, 0.5) is 8.78 Å². The number of hydrogen-bond donors (Lipinski definition) is 0. The number of methoxy groups -OCH3 is 2. The number of rotatable bonds is 8. The van der Waals surface area contributed by atoms with E-state index >= 15 is 0 Å². The van der Waals surface area contributed by atoms with Crippen molar-refractivity contribution in [1.29, 1.82) is 0 Å². The van der Waals surface area contributed by atoms with Crippen molar-refractivity contribution in [3.63, 3.8) is 0 Å². The molecule has 3 rings (SSSR count). The summed E-state index contributed by atoms with van der Waals surface area (Å²) >= 11 is 0. The zero-order chi connectivity index (χ0) is 23.8. The molecule has 2 aromatic carbocycles. The Morgan fingerprint density at radius 3 is 2.36 bits per heavy atom. The summed E-state index contributed by atoms with van der Waals surface area (Å²) in [7, 11) is 2.92. The quantitative estimate of drug-likeness (QED) is 0.566. The lowest BCUT2D eigenvalue weighted by Crippen LogP contribution is -2.50. The highest BCUT2D eigenvalue weighted by Crippen LogP contribution is 2.33. The van der Waals surface area contributed by atoms with E-state index in [9.17, 15) is 18.4 Å². The van der Waals surface area contributed by atoms with Crippen molar-refractivity contribution in [2.24, 2.45) is 0 Å². The predicted octanol–water partition coefficient (Wildman–Crippen LogP) is 3.23. The normalized spacial score (nSPS) is 14.0. The average molecular weight is 460 g/mol. The van der Waals surface area contributed by atoms with Gasteiger partial charge in [0.15, 0.2) is 11.5 Å². The van der Waals surface area contributed by atoms with Gasteiger partial charge in [0.25, 0.3) is 0 Å². The minimum Gasteiger partial charge on any atom is -0.497 e. The fourth-order valence-corrected chi connectivity index (χ4v) is 3.55. The molecule has 33 heavy (non-hydrogen) atoms. The molecule has 1 heterocycles. The second-order valence-corrected chi connectivity index (χ2v) is 7.32. The van der Waals surface area contributed by atoms with Crippen molar-refractivity contribution < 1.29 is 32.6 Å². The van der Waals surface area contributed by atoms with Gasteiger partial charge in [0.2, 0.25) is 11.8 Å². The van der Waals surface area contributed by atoms with Crippen molar-refractivity contribution in [3.8, 4) is 17.2 Å². The zero-order valence-electron chi connectivity index (χ0n) is 18.5. The minimum absolute atomic E-state index is 0.0175. The van der Waals surface area contributed by atoms with Gasteiger partial charge >= 0.3 is 6.61 Å². The van der Waals surface area contributed by atoms with Gasteiger partial charge in [-0.25, -0.2) is 0 Å². The molecular weight excluding hydrogens is 434 g/mol. The van der Waals surface area contributed by atoms with Crippen LogP contribution in [0.2, 0.25) is 0 Å². The number of carbonyl (C=O) groups is 2. The van der Waals surface area contributed by atoms with Crippen LogP contribution in [0, 0.1) is 0 Å². The Morgan fingerprint density at radius 1 is 1.00 bits per heavy atom. The molecule has 1 aliphatic rings. The zero-order valence-corrected chi connectivity index (χ0v) is 18.5. The maximum Gasteiger partial charge on any atom is 0.387 e. The molecule has 0 aliphatic carbocycles. The van der Waals surface area contributed by atoms with Crippen LogP contribution in [-0.2, 0) is 16.0 Å². The van der Waals surface area contributed by atoms with Gasteiger partial charge in [0.05, 0.1) is 20.6 Å². The number of carbonyl (C=O) groups excluding carboxylic acids is 2. The standard InChI is InChI=1S/C24H26F2N2O5/c1-31-19-7-3-5-17(15-19)16-22(30)28-13-11-27(12-14-28)21(29)10-9-18-6-4-8-20(32-2)23(18)33-24(25)26/h3-10,15,24H,11-14,16H2,1-2H3/b10-9+. The number of nitrogens with zero attached hydrogens (tertiary/aromatic N) is 2. The van der Waals surface area contributed by atoms with Gasteiger partial charge in [-0.3, -0.25) is 9.59 Å². The smallest absolute Gasteiger partial charge is 0.387 e. The number of amides is 2. The van der Waals surface area contributed by atoms with Gasteiger partial charge in [-0.1, -0.05) is 24.3 Å². The Kier molecular flexibility index (Phi) is 8.23. The lowest BCUT2D eigenvalue weighted by atomic mass is 10.1. The first kappa shape index (κ1) is 24.0. The molecule has 0 unspecified atom stereocenters. The van der Waals surface area contributed by atoms with Gasteiger partial charge in [0.1, 0.15) is 5.75 Å². The lowest BCUT2D eigenvalue weighted by Gasteiger charge is -2.34. The first-order valence-electron chi connectivity index (χ1n) is 10.4. The molecule has 1 fully saturated rings. The van der Waals surface area contributed by atoms with Crippen molar-refractivity contribution in [1.82, 2.24) is 9.80 Å². The molecule has 176 valence electrons. The van der Waals surface area contributed by atoms with E-state index in [-0.39, 0.29) is 29.7 Å². The Hall–Kier alpha value is -3.62. The van der Waals surface area contributed by atoms with Crippen molar-refractivity contribution in [2.45, 2.75) is 13.0 Å². The summed E-state index contributed by atoms with van der Waals surface area (Å²) in [6.45, 7) is -1.42. The molecule has 0 radical (unpaired) electrons. The average Bonchev–Trinajstić information content (AvgIpc) is 2.83. The molecule has 1 aliphatic heterocycles. The highest BCUT2D eigenvalue weighted by Gasteiger charge is 2.23. The summed E-state index contributed by atoms with van der Waals surface area (Å²) in [6, 6.07) is 12.0. The Morgan fingerprint density at radius 2 is 1.70 bits per heavy atom. The second kappa shape index (κ2) is 11.3. The number of benzene rings is 2. The summed E-state index contributed by atoms with van der Waals surface area (Å²) in [5.41, 5.74) is 1.16. The van der Waals surface area contributed by atoms with Gasteiger partial charge in [-0.05, 0) is 29.8 Å². The summed E-state index contributed by atoms with van der Waals surface area (Å²) < 4.78 is 40.4. The summed E-state index contributed by atoms with van der Waals surface area (Å²) in [6.07, 6.45) is 2.98. The molecule has 0 aromatic heterocycles. The molecule has 2 aromatic rings. The Bertz CT molecular complexity index is 1000. The van der Waals surface area contributed by atoms with Gasteiger partial charge < -0.3 is 24.0 Å². The Balaban J connectivity index is 1.57. The topological polar surface area (TPSA) is 68.3 Å². The summed E-state index contributed by atoms with van der Waals surface area (Å²) in [5, 5.41) is 0. The molecule has 1 saturated heterocycles. The monoisotopic (exact) mass is 460 g/mol. The highest BCUT2D eigenvalue weighted by molar-refractivity contribution is 5.92. The number of piperazine rings is 1. The van der Waals surface area contributed by atoms with Crippen LogP contribution in [0.1, 0.15) is 11.1 Å². The van der Waals surface area contributed by atoms with E-state index in [0.29, 0.717) is 37.5 Å². The third-order valence-corrected chi connectivity index (χ3v) is 5.28. The van der Waals surface area contributed by atoms with Crippen LogP contribution in [0.5, 0.6) is 17.2 Å². The number of alkyl halides is 2. The predicted molar refractivity (Wildman–Crippen MR) is 119 cm³/mol. The van der Waals surface area contributed by atoms with E-state index in [2.05, 4.69) is 4.74 Å². The van der Waals surface area contributed by atoms with Crippen molar-refractivity contribution in [3.05, 3.63) is 59.7 Å². The van der Waals surface area contributed by atoms with Crippen LogP contribution < -0.4 is 14.2 Å². The fraction of sp³-hybridized carbons (Fsp3) is 0.333. The molecule has 0 spiro atoms. The first-order valence-corrected chi connectivity index (χ1v) is 10.4. The van der Waals surface area contributed by atoms with E-state index in [0.717, 1.165) is 5.56 Å². The molecule has 7 nitrogen and oxygen atoms in total. The fourth-order valence-electron chi connectivity index (χ4n) is 3.55. The van der Waals surface area contributed by atoms with Crippen LogP contribution in [0.3, 0.4) is 0 Å². The van der Waals surface area contributed by atoms with Crippen LogP contribution in [-0.4, -0.2) is 68.6 Å². The van der Waals surface area contributed by atoms with Crippen LogP contribution in [0.25, 0.3) is 6.08 Å². The molecule has 9 heteroatoms. The molecule has 0 bridgehead atoms. The third-order valence-electron chi connectivity index (χ3n) is 5.28. The summed E-state index contributed by atoms with van der Waals surface area (Å²) in [5.74, 6) is 0.414. The molecule has 0 atom stereocenters. The maximum atomic E-state index is 12.8. The van der Waals surface area contributed by atoms with Crippen LogP contribution in [0.15, 0.2) is 48.5 Å². The second-order valence-electron chi connectivity index (χ2n) is 7.32. The Labute approximate surface area is 191 Å². The molecule has 2 amide bonds. The van der Waals surface area contributed by atoms with E-state index in [1.54, 1.807) is 29.0 Å². The lowest BCUT2D eigenvalue weighted by molar-refractivity contribution is -0.136. The SMILES string of the molecule is COc1cccc(CC(=O)N2CCN(C(=O)/C=C/c3cccc(OC)c3OC(F)F)CC2)c1. The van der Waals surface area contributed by atoms with E-state index in [1.165, 1.54) is 25.3 Å². The number of hydrogen-bond acceptors (Lipinski definition) is 5.